The Morgan fingerprint density at radius 2 is 1.90 bits per heavy atom. The van der Waals surface area contributed by atoms with E-state index in [0.717, 1.165) is 24.8 Å². The molecule has 0 bridgehead atoms. The predicted octanol–water partition coefficient (Wildman–Crippen LogP) is 1.06. The molecule has 108 valence electrons. The van der Waals surface area contributed by atoms with Crippen LogP contribution in [-0.4, -0.2) is 34.7 Å². The van der Waals surface area contributed by atoms with Gasteiger partial charge in [-0.05, 0) is 18.4 Å². The van der Waals surface area contributed by atoms with Gasteiger partial charge in [0.25, 0.3) is 0 Å². The molecule has 0 aromatic heterocycles. The summed E-state index contributed by atoms with van der Waals surface area (Å²) in [4.78, 5) is 23.6. The minimum Gasteiger partial charge on any atom is -0.480 e. The zero-order valence-corrected chi connectivity index (χ0v) is 11.2. The first kappa shape index (κ1) is 14.5. The lowest BCUT2D eigenvalue weighted by Gasteiger charge is -2.41. The zero-order valence-electron chi connectivity index (χ0n) is 11.2. The van der Waals surface area contributed by atoms with E-state index in [-0.39, 0.29) is 18.9 Å². The third-order valence-corrected chi connectivity index (χ3v) is 3.99. The maximum atomic E-state index is 12.5. The maximum absolute atomic E-state index is 12.5. The average Bonchev–Trinajstić information content (AvgIpc) is 2.38. The number of hydrogen-bond donors (Lipinski definition) is 3. The summed E-state index contributed by atoms with van der Waals surface area (Å²) in [5, 5.41) is 20.5. The van der Waals surface area contributed by atoms with Crippen molar-refractivity contribution in [1.29, 1.82) is 0 Å². The first-order valence-electron chi connectivity index (χ1n) is 6.80. The Labute approximate surface area is 117 Å². The molecule has 0 saturated heterocycles. The van der Waals surface area contributed by atoms with E-state index in [1.54, 1.807) is 0 Å². The molecule has 1 unspecified atom stereocenters. The molecule has 1 aliphatic rings. The topological polar surface area (TPSA) is 86.6 Å². The standard InChI is InChI=1S/C15H19NO4/c17-10-7-12(13(18)19)16-14(20)15(8-4-9-15)11-5-2-1-3-6-11/h1-3,5-6,12,17H,4,7-10H2,(H,16,20)(H,18,19). The van der Waals surface area contributed by atoms with Crippen LogP contribution in [0.15, 0.2) is 30.3 Å². The number of carbonyl (C=O) groups is 2. The van der Waals surface area contributed by atoms with Gasteiger partial charge in [-0.15, -0.1) is 0 Å². The molecule has 1 aromatic carbocycles. The van der Waals surface area contributed by atoms with Crippen molar-refractivity contribution in [3.05, 3.63) is 35.9 Å². The number of rotatable bonds is 6. The highest BCUT2D eigenvalue weighted by molar-refractivity contribution is 5.92. The van der Waals surface area contributed by atoms with Crippen molar-refractivity contribution < 1.29 is 19.8 Å². The molecule has 2 rings (SSSR count). The number of aliphatic carboxylic acids is 1. The zero-order chi connectivity index (χ0) is 14.6. The molecular formula is C15H19NO4. The van der Waals surface area contributed by atoms with Crippen LogP contribution in [-0.2, 0) is 15.0 Å². The van der Waals surface area contributed by atoms with Gasteiger partial charge in [0.1, 0.15) is 6.04 Å². The lowest BCUT2D eigenvalue weighted by Crippen LogP contribution is -2.54. The van der Waals surface area contributed by atoms with Crippen molar-refractivity contribution in [3.63, 3.8) is 0 Å². The molecule has 1 aliphatic carbocycles. The van der Waals surface area contributed by atoms with E-state index in [9.17, 15) is 9.59 Å². The van der Waals surface area contributed by atoms with Gasteiger partial charge in [0.15, 0.2) is 0 Å². The fourth-order valence-corrected chi connectivity index (χ4v) is 2.62. The van der Waals surface area contributed by atoms with E-state index in [0.29, 0.717) is 0 Å². The van der Waals surface area contributed by atoms with Crippen LogP contribution in [0.4, 0.5) is 0 Å². The second-order valence-electron chi connectivity index (χ2n) is 5.18. The summed E-state index contributed by atoms with van der Waals surface area (Å²) in [7, 11) is 0. The molecular weight excluding hydrogens is 258 g/mol. The van der Waals surface area contributed by atoms with Gasteiger partial charge in [-0.25, -0.2) is 4.79 Å². The summed E-state index contributed by atoms with van der Waals surface area (Å²) in [6.45, 7) is -0.268. The van der Waals surface area contributed by atoms with E-state index in [2.05, 4.69) is 5.32 Å². The molecule has 5 nitrogen and oxygen atoms in total. The molecule has 1 amide bonds. The Balaban J connectivity index is 2.16. The average molecular weight is 277 g/mol. The van der Waals surface area contributed by atoms with Crippen molar-refractivity contribution in [2.75, 3.05) is 6.61 Å². The number of hydrogen-bond acceptors (Lipinski definition) is 3. The number of carbonyl (C=O) groups excluding carboxylic acids is 1. The van der Waals surface area contributed by atoms with Crippen molar-refractivity contribution in [2.24, 2.45) is 0 Å². The lowest BCUT2D eigenvalue weighted by atomic mass is 9.63. The van der Waals surface area contributed by atoms with Gasteiger partial charge in [-0.2, -0.15) is 0 Å². The van der Waals surface area contributed by atoms with Crippen LogP contribution in [0.25, 0.3) is 0 Å². The Morgan fingerprint density at radius 3 is 2.35 bits per heavy atom. The quantitative estimate of drug-likeness (QED) is 0.725. The fourth-order valence-electron chi connectivity index (χ4n) is 2.62. The Hall–Kier alpha value is -1.88. The smallest absolute Gasteiger partial charge is 0.326 e. The summed E-state index contributed by atoms with van der Waals surface area (Å²) < 4.78 is 0. The Bertz CT molecular complexity index is 482. The third kappa shape index (κ3) is 2.67. The first-order valence-corrected chi connectivity index (χ1v) is 6.80. The monoisotopic (exact) mass is 277 g/mol. The van der Waals surface area contributed by atoms with E-state index in [1.807, 2.05) is 30.3 Å². The van der Waals surface area contributed by atoms with E-state index < -0.39 is 17.4 Å². The van der Waals surface area contributed by atoms with Crippen LogP contribution < -0.4 is 5.32 Å². The van der Waals surface area contributed by atoms with Gasteiger partial charge in [0.05, 0.1) is 5.41 Å². The van der Waals surface area contributed by atoms with Crippen LogP contribution in [0.1, 0.15) is 31.2 Å². The Morgan fingerprint density at radius 1 is 1.25 bits per heavy atom. The fraction of sp³-hybridized carbons (Fsp3) is 0.467. The second-order valence-corrected chi connectivity index (χ2v) is 5.18. The summed E-state index contributed by atoms with van der Waals surface area (Å²) >= 11 is 0. The number of aliphatic hydroxyl groups excluding tert-OH is 1. The molecule has 1 atom stereocenters. The van der Waals surface area contributed by atoms with Crippen LogP contribution in [0.2, 0.25) is 0 Å². The Kier molecular flexibility index (Phi) is 4.39. The summed E-state index contributed by atoms with van der Waals surface area (Å²) in [6, 6.07) is 8.42. The normalized spacial score (nSPS) is 17.9. The van der Waals surface area contributed by atoms with Crippen LogP contribution >= 0.6 is 0 Å². The number of amides is 1. The minimum atomic E-state index is -1.12. The maximum Gasteiger partial charge on any atom is 0.326 e. The van der Waals surface area contributed by atoms with Gasteiger partial charge in [-0.3, -0.25) is 4.79 Å². The molecule has 20 heavy (non-hydrogen) atoms. The number of nitrogens with one attached hydrogen (secondary N) is 1. The molecule has 3 N–H and O–H groups in total. The van der Waals surface area contributed by atoms with Crippen molar-refractivity contribution in [3.8, 4) is 0 Å². The number of aliphatic hydroxyl groups is 1. The molecule has 1 saturated carbocycles. The van der Waals surface area contributed by atoms with E-state index >= 15 is 0 Å². The number of benzene rings is 1. The highest BCUT2D eigenvalue weighted by Crippen LogP contribution is 2.43. The van der Waals surface area contributed by atoms with Crippen LogP contribution in [0, 0.1) is 0 Å². The van der Waals surface area contributed by atoms with Crippen molar-refractivity contribution >= 4 is 11.9 Å². The van der Waals surface area contributed by atoms with Crippen molar-refractivity contribution in [2.45, 2.75) is 37.1 Å². The summed E-state index contributed by atoms with van der Waals surface area (Å²) in [5.74, 6) is -1.37. The molecule has 1 fully saturated rings. The highest BCUT2D eigenvalue weighted by Gasteiger charge is 2.46. The SMILES string of the molecule is O=C(O)C(CCO)NC(=O)C1(c2ccccc2)CCC1. The number of carboxylic acids is 1. The summed E-state index contributed by atoms with van der Waals surface area (Å²) in [5.41, 5.74) is 0.321. The highest BCUT2D eigenvalue weighted by atomic mass is 16.4. The molecule has 0 heterocycles. The molecule has 0 radical (unpaired) electrons. The molecule has 0 spiro atoms. The predicted molar refractivity (Wildman–Crippen MR) is 73.2 cm³/mol. The summed E-state index contributed by atoms with van der Waals surface area (Å²) in [6.07, 6.45) is 2.44. The molecule has 5 heteroatoms. The van der Waals surface area contributed by atoms with E-state index in [4.69, 9.17) is 10.2 Å². The number of carboxylic acid groups (broad SMARTS) is 1. The van der Waals surface area contributed by atoms with E-state index in [1.165, 1.54) is 0 Å². The van der Waals surface area contributed by atoms with Gasteiger partial charge in [-0.1, -0.05) is 36.8 Å². The minimum absolute atomic E-state index is 0.0198. The van der Waals surface area contributed by atoms with Crippen molar-refractivity contribution in [1.82, 2.24) is 5.32 Å². The molecule has 1 aromatic rings. The second kappa shape index (κ2) is 6.05. The molecule has 0 aliphatic heterocycles. The largest absolute Gasteiger partial charge is 0.480 e. The van der Waals surface area contributed by atoms with Gasteiger partial charge >= 0.3 is 5.97 Å². The van der Waals surface area contributed by atoms with Gasteiger partial charge < -0.3 is 15.5 Å². The van der Waals surface area contributed by atoms with Crippen LogP contribution in [0.5, 0.6) is 0 Å². The third-order valence-electron chi connectivity index (χ3n) is 3.99. The van der Waals surface area contributed by atoms with Gasteiger partial charge in [0, 0.05) is 13.0 Å². The first-order chi connectivity index (χ1) is 9.60. The van der Waals surface area contributed by atoms with Crippen LogP contribution in [0.3, 0.4) is 0 Å². The van der Waals surface area contributed by atoms with Gasteiger partial charge in [0.2, 0.25) is 5.91 Å². The lowest BCUT2D eigenvalue weighted by molar-refractivity contribution is -0.144.